The van der Waals surface area contributed by atoms with Crippen molar-refractivity contribution in [3.05, 3.63) is 0 Å². The van der Waals surface area contributed by atoms with Gasteiger partial charge in [-0.05, 0) is 18.8 Å². The average Bonchev–Trinajstić information content (AvgIpc) is 2.39. The SMILES string of the molecule is CCC(C)C1CN(C(C)C(CC)CC)CCN1. The Hall–Kier alpha value is -0.0800. The molecule has 0 aliphatic carbocycles. The molecule has 1 heterocycles. The van der Waals surface area contributed by atoms with Gasteiger partial charge >= 0.3 is 0 Å². The van der Waals surface area contributed by atoms with Crippen molar-refractivity contribution >= 4 is 0 Å². The molecule has 17 heavy (non-hydrogen) atoms. The lowest BCUT2D eigenvalue weighted by Crippen LogP contribution is -2.56. The van der Waals surface area contributed by atoms with Gasteiger partial charge in [-0.2, -0.15) is 0 Å². The third-order valence-corrected chi connectivity index (χ3v) is 4.87. The lowest BCUT2D eigenvalue weighted by molar-refractivity contribution is 0.0941. The van der Waals surface area contributed by atoms with E-state index < -0.39 is 0 Å². The molecule has 2 heteroatoms. The summed E-state index contributed by atoms with van der Waals surface area (Å²) in [7, 11) is 0. The molecule has 0 aromatic carbocycles. The second kappa shape index (κ2) is 7.38. The highest BCUT2D eigenvalue weighted by molar-refractivity contribution is 4.86. The van der Waals surface area contributed by atoms with Crippen LogP contribution in [0.5, 0.6) is 0 Å². The van der Waals surface area contributed by atoms with Gasteiger partial charge in [0.15, 0.2) is 0 Å². The van der Waals surface area contributed by atoms with E-state index in [1.54, 1.807) is 0 Å². The molecule has 0 amide bonds. The average molecular weight is 240 g/mol. The van der Waals surface area contributed by atoms with Crippen molar-refractivity contribution in [1.82, 2.24) is 10.2 Å². The summed E-state index contributed by atoms with van der Waals surface area (Å²) in [6.45, 7) is 15.4. The van der Waals surface area contributed by atoms with Crippen LogP contribution in [0.15, 0.2) is 0 Å². The van der Waals surface area contributed by atoms with E-state index in [0.717, 1.165) is 17.9 Å². The van der Waals surface area contributed by atoms with Crippen molar-refractivity contribution < 1.29 is 0 Å². The molecule has 1 rings (SSSR count). The van der Waals surface area contributed by atoms with Gasteiger partial charge in [0.25, 0.3) is 0 Å². The van der Waals surface area contributed by atoms with Crippen molar-refractivity contribution in [2.75, 3.05) is 19.6 Å². The Morgan fingerprint density at radius 3 is 2.29 bits per heavy atom. The topological polar surface area (TPSA) is 15.3 Å². The lowest BCUT2D eigenvalue weighted by Gasteiger charge is -2.42. The predicted molar refractivity (Wildman–Crippen MR) is 76.4 cm³/mol. The molecule has 1 fully saturated rings. The lowest BCUT2D eigenvalue weighted by atomic mass is 9.91. The van der Waals surface area contributed by atoms with Crippen LogP contribution in [0.4, 0.5) is 0 Å². The zero-order valence-corrected chi connectivity index (χ0v) is 12.5. The first-order valence-corrected chi connectivity index (χ1v) is 7.61. The van der Waals surface area contributed by atoms with Gasteiger partial charge in [0.05, 0.1) is 0 Å². The summed E-state index contributed by atoms with van der Waals surface area (Å²) in [6, 6.07) is 1.45. The third-order valence-electron chi connectivity index (χ3n) is 4.87. The minimum absolute atomic E-state index is 0.700. The zero-order valence-electron chi connectivity index (χ0n) is 12.5. The molecule has 1 aliphatic rings. The third kappa shape index (κ3) is 3.96. The Bertz CT molecular complexity index is 201. The van der Waals surface area contributed by atoms with Crippen LogP contribution in [-0.4, -0.2) is 36.6 Å². The molecule has 0 radical (unpaired) electrons. The van der Waals surface area contributed by atoms with E-state index in [0.29, 0.717) is 6.04 Å². The maximum absolute atomic E-state index is 3.69. The maximum Gasteiger partial charge on any atom is 0.0221 e. The standard InChI is InChI=1S/C15H32N2/c1-6-12(4)15-11-17(10-9-16-15)13(5)14(7-2)8-3/h12-16H,6-11H2,1-5H3. The summed E-state index contributed by atoms with van der Waals surface area (Å²) in [4.78, 5) is 2.71. The fourth-order valence-electron chi connectivity index (χ4n) is 3.11. The minimum Gasteiger partial charge on any atom is -0.311 e. The number of nitrogens with zero attached hydrogens (tertiary/aromatic N) is 1. The van der Waals surface area contributed by atoms with Gasteiger partial charge in [-0.15, -0.1) is 0 Å². The van der Waals surface area contributed by atoms with Crippen molar-refractivity contribution in [2.45, 2.75) is 66.0 Å². The number of hydrogen-bond donors (Lipinski definition) is 1. The van der Waals surface area contributed by atoms with Gasteiger partial charge in [-0.1, -0.05) is 47.0 Å². The molecule has 0 aromatic heterocycles. The van der Waals surface area contributed by atoms with Crippen LogP contribution in [0.3, 0.4) is 0 Å². The Kier molecular flexibility index (Phi) is 6.50. The van der Waals surface area contributed by atoms with E-state index in [-0.39, 0.29) is 0 Å². The van der Waals surface area contributed by atoms with E-state index in [2.05, 4.69) is 44.8 Å². The van der Waals surface area contributed by atoms with E-state index in [9.17, 15) is 0 Å². The van der Waals surface area contributed by atoms with Crippen molar-refractivity contribution in [3.8, 4) is 0 Å². The van der Waals surface area contributed by atoms with Gasteiger partial charge in [-0.25, -0.2) is 0 Å². The highest BCUT2D eigenvalue weighted by Gasteiger charge is 2.28. The first kappa shape index (κ1) is 15.0. The molecule has 0 spiro atoms. The summed E-state index contributed by atoms with van der Waals surface area (Å²) in [5.41, 5.74) is 0. The summed E-state index contributed by atoms with van der Waals surface area (Å²) >= 11 is 0. The first-order chi connectivity index (χ1) is 8.13. The first-order valence-electron chi connectivity index (χ1n) is 7.61. The van der Waals surface area contributed by atoms with E-state index in [1.165, 1.54) is 38.9 Å². The molecule has 3 unspecified atom stereocenters. The fourth-order valence-corrected chi connectivity index (χ4v) is 3.11. The molecule has 0 bridgehead atoms. The maximum atomic E-state index is 3.69. The summed E-state index contributed by atoms with van der Waals surface area (Å²) in [5, 5.41) is 3.69. The highest BCUT2D eigenvalue weighted by Crippen LogP contribution is 2.21. The Labute approximate surface area is 108 Å². The zero-order chi connectivity index (χ0) is 12.8. The quantitative estimate of drug-likeness (QED) is 0.767. The molecular weight excluding hydrogens is 208 g/mol. The van der Waals surface area contributed by atoms with Crippen molar-refractivity contribution in [3.63, 3.8) is 0 Å². The highest BCUT2D eigenvalue weighted by atomic mass is 15.2. The van der Waals surface area contributed by atoms with E-state index in [4.69, 9.17) is 0 Å². The Balaban J connectivity index is 2.53. The van der Waals surface area contributed by atoms with E-state index >= 15 is 0 Å². The molecule has 1 saturated heterocycles. The van der Waals surface area contributed by atoms with Crippen LogP contribution in [0.1, 0.15) is 53.9 Å². The van der Waals surface area contributed by atoms with Crippen LogP contribution in [-0.2, 0) is 0 Å². The van der Waals surface area contributed by atoms with E-state index in [1.807, 2.05) is 0 Å². The minimum atomic E-state index is 0.700. The Morgan fingerprint density at radius 1 is 1.12 bits per heavy atom. The van der Waals surface area contributed by atoms with Crippen LogP contribution in [0.2, 0.25) is 0 Å². The molecule has 1 aliphatic heterocycles. The summed E-state index contributed by atoms with van der Waals surface area (Å²) in [6.07, 6.45) is 3.91. The Morgan fingerprint density at radius 2 is 1.76 bits per heavy atom. The fraction of sp³-hybridized carbons (Fsp3) is 1.00. The molecule has 0 aromatic rings. The predicted octanol–water partition coefficient (Wildman–Crippen LogP) is 3.13. The smallest absolute Gasteiger partial charge is 0.0221 e. The normalized spacial score (nSPS) is 26.1. The number of rotatable bonds is 6. The van der Waals surface area contributed by atoms with Gasteiger partial charge in [0, 0.05) is 31.7 Å². The largest absolute Gasteiger partial charge is 0.311 e. The number of piperazine rings is 1. The number of nitrogens with one attached hydrogen (secondary N) is 1. The van der Waals surface area contributed by atoms with Gasteiger partial charge in [0.1, 0.15) is 0 Å². The van der Waals surface area contributed by atoms with Crippen molar-refractivity contribution in [2.24, 2.45) is 11.8 Å². The van der Waals surface area contributed by atoms with Crippen LogP contribution in [0.25, 0.3) is 0 Å². The van der Waals surface area contributed by atoms with Gasteiger partial charge in [-0.3, -0.25) is 4.90 Å². The van der Waals surface area contributed by atoms with Crippen LogP contribution < -0.4 is 5.32 Å². The van der Waals surface area contributed by atoms with Gasteiger partial charge in [0.2, 0.25) is 0 Å². The van der Waals surface area contributed by atoms with Gasteiger partial charge < -0.3 is 5.32 Å². The molecule has 102 valence electrons. The molecule has 1 N–H and O–H groups in total. The van der Waals surface area contributed by atoms with Crippen LogP contribution in [0, 0.1) is 11.8 Å². The second-order valence-electron chi connectivity index (χ2n) is 5.76. The number of hydrogen-bond acceptors (Lipinski definition) is 2. The summed E-state index contributed by atoms with van der Waals surface area (Å²) in [5.74, 6) is 1.66. The monoisotopic (exact) mass is 240 g/mol. The molecule has 0 saturated carbocycles. The molecule has 3 atom stereocenters. The molecule has 2 nitrogen and oxygen atoms in total. The second-order valence-corrected chi connectivity index (χ2v) is 5.76. The van der Waals surface area contributed by atoms with Crippen LogP contribution >= 0.6 is 0 Å². The van der Waals surface area contributed by atoms with Crippen molar-refractivity contribution in [1.29, 1.82) is 0 Å². The molecular formula is C15H32N2. The summed E-state index contributed by atoms with van der Waals surface area (Å²) < 4.78 is 0.